The normalized spacial score (nSPS) is 10.9. The highest BCUT2D eigenvalue weighted by molar-refractivity contribution is 7.98. The van der Waals surface area contributed by atoms with Gasteiger partial charge < -0.3 is 9.46 Å². The van der Waals surface area contributed by atoms with Crippen LogP contribution in [0.15, 0.2) is 60.8 Å². The average molecular weight is 311 g/mol. The lowest BCUT2D eigenvalue weighted by molar-refractivity contribution is 0.488. The van der Waals surface area contributed by atoms with E-state index in [4.69, 9.17) is 4.74 Å². The van der Waals surface area contributed by atoms with Crippen LogP contribution in [0.4, 0.5) is 5.69 Å². The molecular weight excluding hydrogens is 294 g/mol. The molecule has 0 saturated carbocycles. The highest BCUT2D eigenvalue weighted by atomic mass is 32.2. The number of hydrogen-bond acceptors (Lipinski definition) is 5. The van der Waals surface area contributed by atoms with Gasteiger partial charge in [-0.3, -0.25) is 4.98 Å². The van der Waals surface area contributed by atoms with Crippen molar-refractivity contribution < 1.29 is 4.74 Å². The molecule has 5 heteroatoms. The van der Waals surface area contributed by atoms with Crippen molar-refractivity contribution in [2.75, 3.05) is 18.8 Å². The molecule has 112 valence electrons. The standard InChI is InChI=1S/C17H17N3OS/c1-20(2)22-19-13-7-9-14(10-8-13)21-17-11-12-18-16-6-4-3-5-15(16)17/h3-12,19H,1-2H3. The molecule has 0 fully saturated rings. The van der Waals surface area contributed by atoms with Gasteiger partial charge in [0.25, 0.3) is 0 Å². The predicted molar refractivity (Wildman–Crippen MR) is 93.2 cm³/mol. The second-order valence-corrected chi connectivity index (χ2v) is 6.08. The van der Waals surface area contributed by atoms with Crippen molar-refractivity contribution in [1.82, 2.24) is 9.29 Å². The molecule has 4 nitrogen and oxygen atoms in total. The molecular formula is C17H17N3OS. The van der Waals surface area contributed by atoms with Crippen molar-refractivity contribution in [3.05, 3.63) is 60.8 Å². The van der Waals surface area contributed by atoms with Crippen molar-refractivity contribution in [2.45, 2.75) is 0 Å². The van der Waals surface area contributed by atoms with Gasteiger partial charge >= 0.3 is 0 Å². The summed E-state index contributed by atoms with van der Waals surface area (Å²) in [6.45, 7) is 0. The first-order chi connectivity index (χ1) is 10.7. The lowest BCUT2D eigenvalue weighted by Crippen LogP contribution is -2.03. The van der Waals surface area contributed by atoms with E-state index in [1.807, 2.05) is 73.0 Å². The highest BCUT2D eigenvalue weighted by Gasteiger charge is 2.04. The van der Waals surface area contributed by atoms with Crippen LogP contribution < -0.4 is 9.46 Å². The maximum atomic E-state index is 5.99. The van der Waals surface area contributed by atoms with Crippen LogP contribution in [0.1, 0.15) is 0 Å². The summed E-state index contributed by atoms with van der Waals surface area (Å²) in [4.78, 5) is 4.34. The Morgan fingerprint density at radius 2 is 1.77 bits per heavy atom. The predicted octanol–water partition coefficient (Wildman–Crippen LogP) is 4.56. The van der Waals surface area contributed by atoms with E-state index in [0.717, 1.165) is 28.1 Å². The number of hydrogen-bond donors (Lipinski definition) is 1. The summed E-state index contributed by atoms with van der Waals surface area (Å²) in [6.07, 6.45) is 1.77. The Bertz CT molecular complexity index is 754. The SMILES string of the molecule is CN(C)SNc1ccc(Oc2ccnc3ccccc23)cc1. The van der Waals surface area contributed by atoms with Crippen LogP contribution in [0.5, 0.6) is 11.5 Å². The van der Waals surface area contributed by atoms with Gasteiger partial charge in [0.05, 0.1) is 5.52 Å². The molecule has 0 aliphatic carbocycles. The summed E-state index contributed by atoms with van der Waals surface area (Å²) in [5, 5.41) is 1.01. The molecule has 22 heavy (non-hydrogen) atoms. The Kier molecular flexibility index (Phi) is 4.46. The fourth-order valence-electron chi connectivity index (χ4n) is 2.02. The number of aromatic nitrogens is 1. The van der Waals surface area contributed by atoms with Crippen molar-refractivity contribution in [2.24, 2.45) is 0 Å². The fraction of sp³-hybridized carbons (Fsp3) is 0.118. The number of rotatable bonds is 5. The minimum Gasteiger partial charge on any atom is -0.457 e. The third-order valence-corrected chi connectivity index (χ3v) is 3.73. The molecule has 0 saturated heterocycles. The molecule has 3 aromatic rings. The number of benzene rings is 2. The first-order valence-corrected chi connectivity index (χ1v) is 7.72. The molecule has 0 aliphatic heterocycles. The third-order valence-electron chi connectivity index (χ3n) is 3.04. The summed E-state index contributed by atoms with van der Waals surface area (Å²) in [5.41, 5.74) is 1.96. The molecule has 3 rings (SSSR count). The number of para-hydroxylation sites is 1. The van der Waals surface area contributed by atoms with Crippen LogP contribution in [0.2, 0.25) is 0 Å². The summed E-state index contributed by atoms with van der Waals surface area (Å²) < 4.78 is 11.2. The smallest absolute Gasteiger partial charge is 0.138 e. The van der Waals surface area contributed by atoms with Gasteiger partial charge in [0.15, 0.2) is 0 Å². The molecule has 2 aromatic carbocycles. The third kappa shape index (κ3) is 3.50. The Labute approximate surface area is 134 Å². The molecule has 0 atom stereocenters. The maximum Gasteiger partial charge on any atom is 0.138 e. The number of fused-ring (bicyclic) bond motifs is 1. The van der Waals surface area contributed by atoms with Crippen LogP contribution >= 0.6 is 12.1 Å². The molecule has 0 amide bonds. The second kappa shape index (κ2) is 6.68. The van der Waals surface area contributed by atoms with Crippen LogP contribution in [-0.4, -0.2) is 23.4 Å². The summed E-state index contributed by atoms with van der Waals surface area (Å²) in [7, 11) is 3.98. The monoisotopic (exact) mass is 311 g/mol. The Hall–Kier alpha value is -2.24. The topological polar surface area (TPSA) is 37.4 Å². The molecule has 1 heterocycles. The lowest BCUT2D eigenvalue weighted by Gasteiger charge is -2.11. The van der Waals surface area contributed by atoms with Gasteiger partial charge in [0.2, 0.25) is 0 Å². The molecule has 1 aromatic heterocycles. The summed E-state index contributed by atoms with van der Waals surface area (Å²) >= 11 is 1.53. The zero-order valence-corrected chi connectivity index (χ0v) is 13.3. The molecule has 0 bridgehead atoms. The van der Waals surface area contributed by atoms with Gasteiger partial charge in [-0.05, 0) is 56.6 Å². The highest BCUT2D eigenvalue weighted by Crippen LogP contribution is 2.29. The van der Waals surface area contributed by atoms with Crippen LogP contribution in [0.25, 0.3) is 10.9 Å². The van der Waals surface area contributed by atoms with Crippen molar-refractivity contribution >= 4 is 28.7 Å². The molecule has 1 N–H and O–H groups in total. The molecule has 0 spiro atoms. The number of pyridine rings is 1. The van der Waals surface area contributed by atoms with E-state index in [-0.39, 0.29) is 0 Å². The van der Waals surface area contributed by atoms with Gasteiger partial charge in [-0.25, -0.2) is 4.31 Å². The Balaban J connectivity index is 1.77. The first-order valence-electron chi connectivity index (χ1n) is 6.94. The number of ether oxygens (including phenoxy) is 1. The van der Waals surface area contributed by atoms with Crippen LogP contribution in [0, 0.1) is 0 Å². The fourth-order valence-corrected chi connectivity index (χ4v) is 2.44. The van der Waals surface area contributed by atoms with E-state index < -0.39 is 0 Å². The Morgan fingerprint density at radius 3 is 2.55 bits per heavy atom. The second-order valence-electron chi connectivity index (χ2n) is 4.96. The van der Waals surface area contributed by atoms with E-state index in [1.54, 1.807) is 6.20 Å². The van der Waals surface area contributed by atoms with Crippen molar-refractivity contribution in [3.63, 3.8) is 0 Å². The van der Waals surface area contributed by atoms with Crippen LogP contribution in [-0.2, 0) is 0 Å². The zero-order valence-electron chi connectivity index (χ0n) is 12.5. The van der Waals surface area contributed by atoms with E-state index in [1.165, 1.54) is 12.1 Å². The minimum atomic E-state index is 0.803. The van der Waals surface area contributed by atoms with Gasteiger partial charge in [0, 0.05) is 29.4 Å². The average Bonchev–Trinajstić information content (AvgIpc) is 2.54. The number of nitrogens with one attached hydrogen (secondary N) is 1. The van der Waals surface area contributed by atoms with E-state index >= 15 is 0 Å². The number of anilines is 1. The van der Waals surface area contributed by atoms with Crippen molar-refractivity contribution in [3.8, 4) is 11.5 Å². The largest absolute Gasteiger partial charge is 0.457 e. The van der Waals surface area contributed by atoms with E-state index in [2.05, 4.69) is 9.71 Å². The van der Waals surface area contributed by atoms with Gasteiger partial charge in [0.1, 0.15) is 11.5 Å². The first kappa shape index (κ1) is 14.7. The molecule has 0 radical (unpaired) electrons. The van der Waals surface area contributed by atoms with Gasteiger partial charge in [-0.15, -0.1) is 0 Å². The molecule has 0 unspecified atom stereocenters. The lowest BCUT2D eigenvalue weighted by atomic mass is 10.2. The molecule has 0 aliphatic rings. The Morgan fingerprint density at radius 1 is 1.00 bits per heavy atom. The van der Waals surface area contributed by atoms with Gasteiger partial charge in [-0.1, -0.05) is 12.1 Å². The summed E-state index contributed by atoms with van der Waals surface area (Å²) in [5.74, 6) is 1.62. The van der Waals surface area contributed by atoms with Crippen LogP contribution in [0.3, 0.4) is 0 Å². The van der Waals surface area contributed by atoms with E-state index in [9.17, 15) is 0 Å². The van der Waals surface area contributed by atoms with Crippen molar-refractivity contribution in [1.29, 1.82) is 0 Å². The quantitative estimate of drug-likeness (QED) is 0.699. The number of nitrogens with zero attached hydrogens (tertiary/aromatic N) is 2. The minimum absolute atomic E-state index is 0.803. The zero-order chi connectivity index (χ0) is 15.4. The maximum absolute atomic E-state index is 5.99. The summed E-state index contributed by atoms with van der Waals surface area (Å²) in [6, 6.07) is 17.7. The van der Waals surface area contributed by atoms with Gasteiger partial charge in [-0.2, -0.15) is 0 Å². The van der Waals surface area contributed by atoms with E-state index in [0.29, 0.717) is 0 Å².